The van der Waals surface area contributed by atoms with Crippen molar-refractivity contribution in [3.8, 4) is 0 Å². The van der Waals surface area contributed by atoms with E-state index in [1.54, 1.807) is 4.72 Å². The summed E-state index contributed by atoms with van der Waals surface area (Å²) in [7, 11) is -4.29. The number of hydrogen-bond donors (Lipinski definition) is 1. The Morgan fingerprint density at radius 2 is 1.61 bits per heavy atom. The largest absolute Gasteiger partial charge is 0.407 e. The van der Waals surface area contributed by atoms with E-state index in [0.29, 0.717) is 0 Å². The van der Waals surface area contributed by atoms with Crippen molar-refractivity contribution < 1.29 is 26.0 Å². The van der Waals surface area contributed by atoms with Crippen LogP contribution in [0.4, 0.5) is 17.6 Å². The summed E-state index contributed by atoms with van der Waals surface area (Å²) in [5.74, 6) is -0.661. The molecule has 1 saturated carbocycles. The van der Waals surface area contributed by atoms with Crippen LogP contribution in [0.1, 0.15) is 12.8 Å². The van der Waals surface area contributed by atoms with E-state index in [2.05, 4.69) is 0 Å². The van der Waals surface area contributed by atoms with E-state index in [1.165, 1.54) is 0 Å². The lowest BCUT2D eigenvalue weighted by Gasteiger charge is -2.20. The molecule has 0 unspecified atom stereocenters. The highest BCUT2D eigenvalue weighted by Crippen LogP contribution is 2.49. The van der Waals surface area contributed by atoms with Gasteiger partial charge in [0, 0.05) is 0 Å². The van der Waals surface area contributed by atoms with Crippen molar-refractivity contribution in [1.29, 1.82) is 0 Å². The van der Waals surface area contributed by atoms with Gasteiger partial charge in [-0.1, -0.05) is 0 Å². The van der Waals surface area contributed by atoms with Gasteiger partial charge in [0.05, 0.1) is 4.90 Å². The van der Waals surface area contributed by atoms with Crippen LogP contribution < -0.4 is 4.72 Å². The first kappa shape index (κ1) is 13.3. The van der Waals surface area contributed by atoms with Gasteiger partial charge in [-0.05, 0) is 37.1 Å². The molecule has 1 aromatic rings. The molecule has 0 saturated heterocycles. The molecule has 0 aromatic heterocycles. The summed E-state index contributed by atoms with van der Waals surface area (Å²) >= 11 is 0. The summed E-state index contributed by atoms with van der Waals surface area (Å²) in [5, 5.41) is 0. The van der Waals surface area contributed by atoms with Crippen LogP contribution in [0.25, 0.3) is 0 Å². The van der Waals surface area contributed by atoms with Gasteiger partial charge in [-0.25, -0.2) is 12.8 Å². The van der Waals surface area contributed by atoms with Crippen molar-refractivity contribution in [2.75, 3.05) is 0 Å². The fourth-order valence-electron chi connectivity index (χ4n) is 1.50. The average Bonchev–Trinajstić information content (AvgIpc) is 2.97. The molecule has 1 fully saturated rings. The topological polar surface area (TPSA) is 46.2 Å². The summed E-state index contributed by atoms with van der Waals surface area (Å²) in [6.45, 7) is 0. The summed E-state index contributed by atoms with van der Waals surface area (Å²) in [6, 6.07) is 3.59. The van der Waals surface area contributed by atoms with Gasteiger partial charge in [-0.2, -0.15) is 17.9 Å². The Morgan fingerprint density at radius 1 is 1.11 bits per heavy atom. The predicted molar refractivity (Wildman–Crippen MR) is 54.7 cm³/mol. The minimum Gasteiger partial charge on any atom is -0.207 e. The molecule has 8 heteroatoms. The van der Waals surface area contributed by atoms with Crippen LogP contribution in [-0.2, 0) is 10.0 Å². The van der Waals surface area contributed by atoms with E-state index in [1.807, 2.05) is 0 Å². The van der Waals surface area contributed by atoms with Gasteiger partial charge < -0.3 is 0 Å². The minimum absolute atomic E-state index is 0.281. The van der Waals surface area contributed by atoms with E-state index in [9.17, 15) is 26.0 Å². The van der Waals surface area contributed by atoms with Gasteiger partial charge in [0.25, 0.3) is 0 Å². The first-order valence-corrected chi connectivity index (χ1v) is 6.51. The van der Waals surface area contributed by atoms with Crippen LogP contribution >= 0.6 is 0 Å². The second-order valence-electron chi connectivity index (χ2n) is 4.14. The molecular weight excluding hydrogens is 274 g/mol. The predicted octanol–water partition coefficient (Wildman–Crippen LogP) is 2.20. The molecule has 1 aromatic carbocycles. The SMILES string of the molecule is O=S(=O)(NC1(C(F)(F)F)CC1)c1ccc(F)cc1. The summed E-state index contributed by atoms with van der Waals surface area (Å²) < 4.78 is 75.5. The van der Waals surface area contributed by atoms with E-state index in [0.717, 1.165) is 24.3 Å². The lowest BCUT2D eigenvalue weighted by Crippen LogP contribution is -2.47. The Balaban J connectivity index is 2.26. The maximum absolute atomic E-state index is 12.6. The summed E-state index contributed by atoms with van der Waals surface area (Å²) in [4.78, 5) is -0.389. The number of nitrogens with one attached hydrogen (secondary N) is 1. The molecule has 0 spiro atoms. The normalized spacial score (nSPS) is 18.7. The minimum atomic E-state index is -4.62. The van der Waals surface area contributed by atoms with Gasteiger partial charge in [0.2, 0.25) is 10.0 Å². The zero-order chi connectivity index (χ0) is 13.6. The smallest absolute Gasteiger partial charge is 0.207 e. The molecule has 0 aliphatic heterocycles. The number of sulfonamides is 1. The van der Waals surface area contributed by atoms with Gasteiger partial charge in [-0.15, -0.1) is 0 Å². The van der Waals surface area contributed by atoms with Crippen molar-refractivity contribution >= 4 is 10.0 Å². The zero-order valence-electron chi connectivity index (χ0n) is 8.96. The third-order valence-corrected chi connectivity index (χ3v) is 4.30. The van der Waals surface area contributed by atoms with Crippen molar-refractivity contribution in [3.63, 3.8) is 0 Å². The molecule has 0 radical (unpaired) electrons. The van der Waals surface area contributed by atoms with Gasteiger partial charge in [0.15, 0.2) is 0 Å². The van der Waals surface area contributed by atoms with Crippen molar-refractivity contribution in [2.45, 2.75) is 29.5 Å². The highest BCUT2D eigenvalue weighted by molar-refractivity contribution is 7.89. The van der Waals surface area contributed by atoms with Gasteiger partial charge in [-0.3, -0.25) is 0 Å². The Kier molecular flexibility index (Phi) is 2.90. The molecule has 1 aliphatic carbocycles. The fourth-order valence-corrected chi connectivity index (χ4v) is 2.94. The maximum atomic E-state index is 12.6. The number of hydrogen-bond acceptors (Lipinski definition) is 2. The van der Waals surface area contributed by atoms with E-state index in [4.69, 9.17) is 0 Å². The van der Waals surface area contributed by atoms with Gasteiger partial charge in [0.1, 0.15) is 11.4 Å². The van der Waals surface area contributed by atoms with Gasteiger partial charge >= 0.3 is 6.18 Å². The van der Waals surface area contributed by atoms with Crippen LogP contribution in [0.3, 0.4) is 0 Å². The van der Waals surface area contributed by atoms with E-state index >= 15 is 0 Å². The van der Waals surface area contributed by atoms with Crippen molar-refractivity contribution in [2.24, 2.45) is 0 Å². The lowest BCUT2D eigenvalue weighted by molar-refractivity contribution is -0.160. The van der Waals surface area contributed by atoms with Crippen LogP contribution in [0, 0.1) is 5.82 Å². The Hall–Kier alpha value is -1.15. The van der Waals surface area contributed by atoms with Crippen LogP contribution in [0.15, 0.2) is 29.2 Å². The molecule has 100 valence electrons. The highest BCUT2D eigenvalue weighted by Gasteiger charge is 2.65. The molecule has 0 amide bonds. The van der Waals surface area contributed by atoms with E-state index in [-0.39, 0.29) is 17.7 Å². The summed E-state index contributed by atoms with van der Waals surface area (Å²) in [6.07, 6.45) is -5.19. The average molecular weight is 283 g/mol. The highest BCUT2D eigenvalue weighted by atomic mass is 32.2. The molecule has 3 nitrogen and oxygen atoms in total. The van der Waals surface area contributed by atoms with Crippen LogP contribution in [0.5, 0.6) is 0 Å². The first-order valence-electron chi connectivity index (χ1n) is 5.03. The number of benzene rings is 1. The second kappa shape index (κ2) is 3.92. The standard InChI is InChI=1S/C10H9F4NO2S/c11-7-1-3-8(4-2-7)18(16,17)15-9(5-6-9)10(12,13)14/h1-4,15H,5-6H2. The lowest BCUT2D eigenvalue weighted by atomic mass is 10.3. The number of alkyl halides is 3. The fraction of sp³-hybridized carbons (Fsp3) is 0.400. The third kappa shape index (κ3) is 2.35. The number of rotatable bonds is 3. The number of halogens is 4. The quantitative estimate of drug-likeness (QED) is 0.864. The molecule has 0 atom stereocenters. The molecular formula is C10H9F4NO2S. The molecule has 1 aliphatic rings. The zero-order valence-corrected chi connectivity index (χ0v) is 9.78. The third-order valence-electron chi connectivity index (χ3n) is 2.75. The Morgan fingerprint density at radius 3 is 2.00 bits per heavy atom. The second-order valence-corrected chi connectivity index (χ2v) is 5.82. The molecule has 1 N–H and O–H groups in total. The van der Waals surface area contributed by atoms with Crippen LogP contribution in [0.2, 0.25) is 0 Å². The summed E-state index contributed by atoms with van der Waals surface area (Å²) in [5.41, 5.74) is -2.36. The van der Waals surface area contributed by atoms with Crippen molar-refractivity contribution in [3.05, 3.63) is 30.1 Å². The molecule has 0 heterocycles. The molecule has 0 bridgehead atoms. The first-order chi connectivity index (χ1) is 8.16. The Labute approximate surface area is 101 Å². The maximum Gasteiger partial charge on any atom is 0.407 e. The monoisotopic (exact) mass is 283 g/mol. The molecule has 18 heavy (non-hydrogen) atoms. The van der Waals surface area contributed by atoms with Crippen molar-refractivity contribution in [1.82, 2.24) is 4.72 Å². The Bertz CT molecular complexity index is 546. The van der Waals surface area contributed by atoms with E-state index < -0.39 is 27.6 Å². The molecule has 2 rings (SSSR count). The van der Waals surface area contributed by atoms with Crippen LogP contribution in [-0.4, -0.2) is 20.1 Å².